The lowest BCUT2D eigenvalue weighted by Crippen LogP contribution is -2.60. The number of carboxylic acid groups (broad SMARTS) is 1. The average Bonchev–Trinajstić information content (AvgIpc) is 3.07. The maximum absolute atomic E-state index is 13.7. The molecule has 13 heteroatoms. The normalized spacial score (nSPS) is 13.9. The first-order valence-electron chi connectivity index (χ1n) is 16.5. The van der Waals surface area contributed by atoms with Crippen molar-refractivity contribution in [3.8, 4) is 11.3 Å². The lowest BCUT2D eigenvalue weighted by atomic mass is 9.85. The van der Waals surface area contributed by atoms with E-state index >= 15 is 0 Å². The van der Waals surface area contributed by atoms with E-state index in [1.54, 1.807) is 40.8 Å². The molecule has 0 saturated heterocycles. The lowest BCUT2D eigenvalue weighted by Gasteiger charge is -2.36. The van der Waals surface area contributed by atoms with Crippen LogP contribution < -0.4 is 21.2 Å². The zero-order valence-electron chi connectivity index (χ0n) is 29.8. The summed E-state index contributed by atoms with van der Waals surface area (Å²) in [6.07, 6.45) is -1.59. The number of ether oxygens (including phenoxy) is 1. The van der Waals surface area contributed by atoms with E-state index in [0.29, 0.717) is 0 Å². The number of hydrogen-bond acceptors (Lipinski definition) is 9. The molecule has 2 aromatic carbocycles. The molecule has 0 aliphatic rings. The van der Waals surface area contributed by atoms with Crippen molar-refractivity contribution in [2.75, 3.05) is 20.7 Å². The van der Waals surface area contributed by atoms with Crippen molar-refractivity contribution in [1.29, 1.82) is 0 Å². The van der Waals surface area contributed by atoms with Crippen LogP contribution in [0.25, 0.3) is 11.3 Å². The minimum atomic E-state index is -1.50. The molecule has 3 rings (SSSR count). The molecular weight excluding hydrogens is 640 g/mol. The molecule has 0 aliphatic carbocycles. The second-order valence-electron chi connectivity index (χ2n) is 13.6. The first kappa shape index (κ1) is 39.4. The number of benzene rings is 2. The van der Waals surface area contributed by atoms with E-state index in [-0.39, 0.29) is 19.5 Å². The Morgan fingerprint density at radius 2 is 1.54 bits per heavy atom. The molecule has 4 N–H and O–H groups in total. The fourth-order valence-corrected chi connectivity index (χ4v) is 5.57. The number of carbonyl (C=O) groups is 4. The van der Waals surface area contributed by atoms with Gasteiger partial charge in [0.2, 0.25) is 5.91 Å². The minimum Gasteiger partial charge on any atom is -0.530 e. The summed E-state index contributed by atoms with van der Waals surface area (Å²) < 4.78 is 4.75. The minimum absolute atomic E-state index is 0.131. The number of methoxy groups -OCH3 is 1. The van der Waals surface area contributed by atoms with Crippen LogP contribution in [-0.2, 0) is 27.3 Å². The quantitative estimate of drug-likeness (QED) is 0.175. The van der Waals surface area contributed by atoms with Crippen LogP contribution in [0.5, 0.6) is 0 Å². The predicted octanol–water partition coefficient (Wildman–Crippen LogP) is 2.74. The number of carbonyl (C=O) groups excluding carboxylic acids is 4. The van der Waals surface area contributed by atoms with Gasteiger partial charge in [-0.2, -0.15) is 0 Å². The second kappa shape index (κ2) is 18.1. The number of hydrogen-bond donors (Lipinski definition) is 4. The van der Waals surface area contributed by atoms with Gasteiger partial charge in [-0.1, -0.05) is 95.3 Å². The Balaban J connectivity index is 1.95. The molecule has 0 spiro atoms. The van der Waals surface area contributed by atoms with Crippen LogP contribution in [0.1, 0.15) is 45.7 Å². The largest absolute Gasteiger partial charge is 0.530 e. The third-order valence-electron chi connectivity index (χ3n) is 8.24. The van der Waals surface area contributed by atoms with Gasteiger partial charge in [0.25, 0.3) is 5.91 Å². The molecule has 3 aromatic rings. The van der Waals surface area contributed by atoms with Crippen LogP contribution in [0.15, 0.2) is 79.0 Å². The molecule has 4 amide bonds. The lowest BCUT2D eigenvalue weighted by molar-refractivity contribution is -0.266. The predicted molar refractivity (Wildman–Crippen MR) is 187 cm³/mol. The van der Waals surface area contributed by atoms with Crippen molar-refractivity contribution in [2.24, 2.45) is 11.3 Å². The van der Waals surface area contributed by atoms with Gasteiger partial charge in [0, 0.05) is 31.9 Å². The van der Waals surface area contributed by atoms with E-state index < -0.39 is 59.6 Å². The summed E-state index contributed by atoms with van der Waals surface area (Å²) in [5.41, 5.74) is 5.40. The highest BCUT2D eigenvalue weighted by molar-refractivity contribution is 5.87. The van der Waals surface area contributed by atoms with Crippen LogP contribution in [0, 0.1) is 11.3 Å². The Kier molecular flexibility index (Phi) is 14.3. The topological polar surface area (TPSA) is 176 Å². The molecule has 1 aromatic heterocycles. The standard InChI is InChI=1S/C37H50N6O7/c1-24(2)31(42(6)36(48)49)33(45)41-43(22-26-16-18-27(19-17-26)28-15-11-12-20-38-28)23-30(44)29(21-25-13-9-8-10-14-25)39-34(46)32(37(3,4)5)40-35(47)50-7/h8-20,24,29-32,44H,21-23H2,1-7H3,(H,39,46)(H,40,47)(H,41,45)(H,48,49)/p-1/t29-,30-,31-,32+/m0/s1. The zero-order chi connectivity index (χ0) is 37.0. The molecule has 0 saturated carbocycles. The monoisotopic (exact) mass is 689 g/mol. The molecular formula is C37H49N6O7-. The Hall–Kier alpha value is -5.01. The third kappa shape index (κ3) is 11.6. The SMILES string of the molecule is COC(=O)N[C@H](C(=O)N[C@@H](Cc1ccccc1)[C@@H](O)CN(Cc1ccc(-c2ccccn2)cc1)NC(=O)[C@H](C(C)C)N(C)C(=O)[O-])C(C)(C)C. The first-order chi connectivity index (χ1) is 23.6. The van der Waals surface area contributed by atoms with E-state index in [0.717, 1.165) is 27.3 Å². The van der Waals surface area contributed by atoms with Gasteiger partial charge in [-0.15, -0.1) is 0 Å². The summed E-state index contributed by atoms with van der Waals surface area (Å²) in [6, 6.07) is 19.5. The van der Waals surface area contributed by atoms with Crippen molar-refractivity contribution >= 4 is 24.0 Å². The summed E-state index contributed by atoms with van der Waals surface area (Å²) in [5, 5.41) is 30.5. The second-order valence-corrected chi connectivity index (χ2v) is 13.6. The number of aliphatic hydroxyl groups excluding tert-OH is 1. The summed E-state index contributed by atoms with van der Waals surface area (Å²) in [7, 11) is 2.48. The number of amides is 4. The van der Waals surface area contributed by atoms with E-state index in [4.69, 9.17) is 4.74 Å². The van der Waals surface area contributed by atoms with E-state index in [1.165, 1.54) is 19.2 Å². The molecule has 0 radical (unpaired) electrons. The van der Waals surface area contributed by atoms with Gasteiger partial charge in [-0.05, 0) is 41.0 Å². The van der Waals surface area contributed by atoms with Gasteiger partial charge in [-0.3, -0.25) is 20.0 Å². The number of rotatable bonds is 15. The Bertz CT molecular complexity index is 1550. The smallest absolute Gasteiger partial charge is 0.407 e. The Morgan fingerprint density at radius 3 is 2.08 bits per heavy atom. The molecule has 0 unspecified atom stereocenters. The average molecular weight is 690 g/mol. The van der Waals surface area contributed by atoms with Gasteiger partial charge in [0.1, 0.15) is 18.2 Å². The number of aliphatic hydroxyl groups is 1. The Labute approximate surface area is 294 Å². The van der Waals surface area contributed by atoms with Crippen molar-refractivity contribution in [3.05, 3.63) is 90.1 Å². The van der Waals surface area contributed by atoms with Gasteiger partial charge in [0.05, 0.1) is 24.9 Å². The van der Waals surface area contributed by atoms with Crippen LogP contribution in [0.3, 0.4) is 0 Å². The van der Waals surface area contributed by atoms with Crippen molar-refractivity contribution in [2.45, 2.75) is 71.8 Å². The molecule has 50 heavy (non-hydrogen) atoms. The number of nitrogens with zero attached hydrogens (tertiary/aromatic N) is 3. The summed E-state index contributed by atoms with van der Waals surface area (Å²) in [4.78, 5) is 56.4. The van der Waals surface area contributed by atoms with Crippen molar-refractivity contribution < 1.29 is 34.1 Å². The summed E-state index contributed by atoms with van der Waals surface area (Å²) in [6.45, 7) is 8.79. The molecule has 0 aliphatic heterocycles. The highest BCUT2D eigenvalue weighted by atomic mass is 16.5. The third-order valence-corrected chi connectivity index (χ3v) is 8.24. The van der Waals surface area contributed by atoms with E-state index in [1.807, 2.05) is 72.8 Å². The number of aromatic nitrogens is 1. The summed E-state index contributed by atoms with van der Waals surface area (Å²) in [5.74, 6) is -1.54. The fourth-order valence-electron chi connectivity index (χ4n) is 5.57. The molecule has 1 heterocycles. The van der Waals surface area contributed by atoms with E-state index in [9.17, 15) is 29.4 Å². The fraction of sp³-hybridized carbons (Fsp3) is 0.432. The molecule has 0 fully saturated rings. The van der Waals surface area contributed by atoms with Gasteiger partial charge >= 0.3 is 6.09 Å². The number of nitrogens with one attached hydrogen (secondary N) is 3. The highest BCUT2D eigenvalue weighted by Gasteiger charge is 2.36. The zero-order valence-corrected chi connectivity index (χ0v) is 29.8. The van der Waals surface area contributed by atoms with Gasteiger partial charge < -0.3 is 35.3 Å². The van der Waals surface area contributed by atoms with Gasteiger partial charge in [0.15, 0.2) is 0 Å². The van der Waals surface area contributed by atoms with Crippen molar-refractivity contribution in [3.63, 3.8) is 0 Å². The summed E-state index contributed by atoms with van der Waals surface area (Å²) >= 11 is 0. The van der Waals surface area contributed by atoms with Crippen LogP contribution in [0.2, 0.25) is 0 Å². The first-order valence-corrected chi connectivity index (χ1v) is 16.5. The van der Waals surface area contributed by atoms with Crippen LogP contribution in [0.4, 0.5) is 9.59 Å². The number of pyridine rings is 1. The Morgan fingerprint density at radius 1 is 0.900 bits per heavy atom. The highest BCUT2D eigenvalue weighted by Crippen LogP contribution is 2.21. The molecule has 0 bridgehead atoms. The number of likely N-dealkylation sites (N-methyl/N-ethyl adjacent to an activating group) is 1. The van der Waals surface area contributed by atoms with E-state index in [2.05, 4.69) is 21.0 Å². The molecule has 13 nitrogen and oxygen atoms in total. The number of alkyl carbamates (subject to hydrolysis) is 1. The number of hydrazine groups is 1. The molecule has 270 valence electrons. The maximum Gasteiger partial charge on any atom is 0.407 e. The molecule has 4 atom stereocenters. The van der Waals surface area contributed by atoms with Crippen LogP contribution >= 0.6 is 0 Å². The maximum atomic E-state index is 13.7. The van der Waals surface area contributed by atoms with Crippen molar-refractivity contribution in [1.82, 2.24) is 31.0 Å². The van der Waals surface area contributed by atoms with Gasteiger partial charge in [-0.25, -0.2) is 9.80 Å². The van der Waals surface area contributed by atoms with Crippen LogP contribution in [-0.4, -0.2) is 88.9 Å².